The van der Waals surface area contributed by atoms with Crippen molar-refractivity contribution in [1.82, 2.24) is 25.0 Å². The molecule has 2 heterocycles. The minimum atomic E-state index is -0.438. The number of piperazine rings is 1. The van der Waals surface area contributed by atoms with E-state index in [4.69, 9.17) is 4.74 Å². The van der Waals surface area contributed by atoms with Gasteiger partial charge in [0.1, 0.15) is 6.33 Å². The van der Waals surface area contributed by atoms with E-state index in [2.05, 4.69) is 15.4 Å². The van der Waals surface area contributed by atoms with Crippen LogP contribution in [-0.2, 0) is 9.53 Å². The lowest BCUT2D eigenvalue weighted by Crippen LogP contribution is -2.46. The molecule has 2 aromatic rings. The van der Waals surface area contributed by atoms with Gasteiger partial charge in [0.2, 0.25) is 0 Å². The Bertz CT molecular complexity index is 882. The number of aryl methyl sites for hydroxylation is 1. The molecule has 1 N–H and O–H groups in total. The Hall–Kier alpha value is -3.00. The van der Waals surface area contributed by atoms with Gasteiger partial charge < -0.3 is 15.0 Å². The van der Waals surface area contributed by atoms with Crippen molar-refractivity contribution < 1.29 is 14.3 Å². The summed E-state index contributed by atoms with van der Waals surface area (Å²) in [6, 6.07) is 5.63. The minimum absolute atomic E-state index is 0.0159. The first-order valence-corrected chi connectivity index (χ1v) is 9.34. The van der Waals surface area contributed by atoms with Crippen molar-refractivity contribution in [3.63, 3.8) is 0 Å². The van der Waals surface area contributed by atoms with Crippen LogP contribution >= 0.6 is 0 Å². The second-order valence-corrected chi connectivity index (χ2v) is 6.98. The number of carbonyl (C=O) groups excluding carboxylic acids is 2. The van der Waals surface area contributed by atoms with E-state index in [0.29, 0.717) is 24.5 Å². The SMILES string of the molecule is Cc1cc(C(=O)N2CCNCC2)cc(-c2ncn(/C=C\C(=O)OC(C)C)n2)c1. The Morgan fingerprint density at radius 3 is 2.68 bits per heavy atom. The first kappa shape index (κ1) is 19.8. The molecule has 0 radical (unpaired) electrons. The molecule has 1 amide bonds. The molecule has 1 aliphatic heterocycles. The van der Waals surface area contributed by atoms with Crippen LogP contribution in [0, 0.1) is 6.92 Å². The zero-order valence-electron chi connectivity index (χ0n) is 16.4. The Kier molecular flexibility index (Phi) is 6.20. The summed E-state index contributed by atoms with van der Waals surface area (Å²) in [6.07, 6.45) is 4.12. The number of rotatable bonds is 5. The number of hydrogen-bond acceptors (Lipinski definition) is 6. The van der Waals surface area contributed by atoms with Gasteiger partial charge in [0.25, 0.3) is 5.91 Å². The van der Waals surface area contributed by atoms with Gasteiger partial charge in [-0.25, -0.2) is 14.5 Å². The normalized spacial score (nSPS) is 14.6. The summed E-state index contributed by atoms with van der Waals surface area (Å²) in [5.41, 5.74) is 2.35. The van der Waals surface area contributed by atoms with Crippen molar-refractivity contribution in [3.8, 4) is 11.4 Å². The Morgan fingerprint density at radius 2 is 1.96 bits per heavy atom. The average molecular weight is 383 g/mol. The van der Waals surface area contributed by atoms with Crippen LogP contribution in [0.5, 0.6) is 0 Å². The second-order valence-electron chi connectivity index (χ2n) is 6.98. The number of esters is 1. The van der Waals surface area contributed by atoms with Crippen molar-refractivity contribution >= 4 is 18.1 Å². The van der Waals surface area contributed by atoms with Gasteiger partial charge in [-0.3, -0.25) is 4.79 Å². The lowest BCUT2D eigenvalue weighted by molar-refractivity contribution is -0.141. The molecule has 0 atom stereocenters. The smallest absolute Gasteiger partial charge is 0.332 e. The molecule has 0 spiro atoms. The van der Waals surface area contributed by atoms with E-state index in [1.807, 2.05) is 30.0 Å². The molecule has 1 aliphatic rings. The molecule has 3 rings (SSSR count). The van der Waals surface area contributed by atoms with Crippen molar-refractivity contribution in [2.45, 2.75) is 26.9 Å². The highest BCUT2D eigenvalue weighted by Gasteiger charge is 2.19. The van der Waals surface area contributed by atoms with Crippen LogP contribution in [0.1, 0.15) is 29.8 Å². The molecule has 0 bridgehead atoms. The fourth-order valence-electron chi connectivity index (χ4n) is 2.97. The number of carbonyl (C=O) groups is 2. The third kappa shape index (κ3) is 5.04. The van der Waals surface area contributed by atoms with E-state index >= 15 is 0 Å². The number of nitrogens with one attached hydrogen (secondary N) is 1. The first-order valence-electron chi connectivity index (χ1n) is 9.34. The summed E-state index contributed by atoms with van der Waals surface area (Å²) in [7, 11) is 0. The third-order valence-electron chi connectivity index (χ3n) is 4.21. The summed E-state index contributed by atoms with van der Waals surface area (Å²) < 4.78 is 6.49. The fraction of sp³-hybridized carbons (Fsp3) is 0.400. The second kappa shape index (κ2) is 8.79. The maximum atomic E-state index is 12.8. The standard InChI is InChI=1S/C20H25N5O3/c1-14(2)28-18(26)4-7-25-13-22-19(23-25)16-10-15(3)11-17(12-16)20(27)24-8-5-21-6-9-24/h4,7,10-14,21H,5-6,8-9H2,1-3H3/b7-4-. The van der Waals surface area contributed by atoms with Gasteiger partial charge in [-0.1, -0.05) is 0 Å². The van der Waals surface area contributed by atoms with Crippen LogP contribution in [0.3, 0.4) is 0 Å². The van der Waals surface area contributed by atoms with E-state index in [0.717, 1.165) is 24.2 Å². The molecule has 28 heavy (non-hydrogen) atoms. The van der Waals surface area contributed by atoms with Gasteiger partial charge in [0, 0.05) is 49.6 Å². The average Bonchev–Trinajstić information content (AvgIpc) is 3.14. The van der Waals surface area contributed by atoms with Gasteiger partial charge in [-0.05, 0) is 44.5 Å². The molecular formula is C20H25N5O3. The van der Waals surface area contributed by atoms with Crippen LogP contribution in [-0.4, -0.2) is 63.8 Å². The molecule has 8 nitrogen and oxygen atoms in total. The first-order chi connectivity index (χ1) is 13.4. The molecule has 1 fully saturated rings. The number of aromatic nitrogens is 3. The molecule has 8 heteroatoms. The van der Waals surface area contributed by atoms with E-state index in [1.165, 1.54) is 23.3 Å². The zero-order chi connectivity index (χ0) is 20.1. The Labute approximate surface area is 164 Å². The summed E-state index contributed by atoms with van der Waals surface area (Å²) >= 11 is 0. The van der Waals surface area contributed by atoms with Crippen LogP contribution in [0.4, 0.5) is 0 Å². The van der Waals surface area contributed by atoms with E-state index in [1.54, 1.807) is 13.8 Å². The molecule has 1 aromatic carbocycles. The Balaban J connectivity index is 1.78. The maximum Gasteiger partial charge on any atom is 0.332 e. The highest BCUT2D eigenvalue weighted by atomic mass is 16.5. The van der Waals surface area contributed by atoms with Crippen molar-refractivity contribution in [2.75, 3.05) is 26.2 Å². The summed E-state index contributed by atoms with van der Waals surface area (Å²) in [5, 5.41) is 7.61. The number of benzene rings is 1. The number of hydrogen-bond donors (Lipinski definition) is 1. The van der Waals surface area contributed by atoms with Crippen molar-refractivity contribution in [1.29, 1.82) is 0 Å². The third-order valence-corrected chi connectivity index (χ3v) is 4.21. The predicted molar refractivity (Wildman–Crippen MR) is 106 cm³/mol. The molecule has 0 aliphatic carbocycles. The highest BCUT2D eigenvalue weighted by Crippen LogP contribution is 2.20. The molecule has 148 valence electrons. The van der Waals surface area contributed by atoms with Crippen LogP contribution in [0.15, 0.2) is 30.6 Å². The van der Waals surface area contributed by atoms with E-state index in [9.17, 15) is 9.59 Å². The predicted octanol–water partition coefficient (Wildman–Crippen LogP) is 1.72. The summed E-state index contributed by atoms with van der Waals surface area (Å²) in [6.45, 7) is 8.53. The molecule has 0 saturated carbocycles. The topological polar surface area (TPSA) is 89.4 Å². The quantitative estimate of drug-likeness (QED) is 0.625. The monoisotopic (exact) mass is 383 g/mol. The van der Waals surface area contributed by atoms with E-state index in [-0.39, 0.29) is 12.0 Å². The van der Waals surface area contributed by atoms with Gasteiger partial charge in [0.05, 0.1) is 6.10 Å². The van der Waals surface area contributed by atoms with Crippen LogP contribution in [0.25, 0.3) is 17.6 Å². The summed E-state index contributed by atoms with van der Waals surface area (Å²) in [4.78, 5) is 30.5. The fourth-order valence-corrected chi connectivity index (χ4v) is 2.97. The lowest BCUT2D eigenvalue weighted by atomic mass is 10.0. The Morgan fingerprint density at radius 1 is 1.21 bits per heavy atom. The molecule has 1 aromatic heterocycles. The van der Waals surface area contributed by atoms with Crippen LogP contribution in [0.2, 0.25) is 0 Å². The largest absolute Gasteiger partial charge is 0.460 e. The zero-order valence-corrected chi connectivity index (χ0v) is 16.4. The minimum Gasteiger partial charge on any atom is -0.460 e. The number of ether oxygens (including phenoxy) is 1. The lowest BCUT2D eigenvalue weighted by Gasteiger charge is -2.27. The number of nitrogens with zero attached hydrogens (tertiary/aromatic N) is 4. The van der Waals surface area contributed by atoms with Gasteiger partial charge in [-0.15, -0.1) is 5.10 Å². The van der Waals surface area contributed by atoms with Gasteiger partial charge in [0.15, 0.2) is 5.82 Å². The molecule has 1 saturated heterocycles. The maximum absolute atomic E-state index is 12.8. The van der Waals surface area contributed by atoms with Gasteiger partial charge in [-0.2, -0.15) is 0 Å². The number of amides is 1. The summed E-state index contributed by atoms with van der Waals surface area (Å²) in [5.74, 6) is 0.0636. The molecular weight excluding hydrogens is 358 g/mol. The highest BCUT2D eigenvalue weighted by molar-refractivity contribution is 5.95. The van der Waals surface area contributed by atoms with Crippen molar-refractivity contribution in [2.24, 2.45) is 0 Å². The molecule has 0 unspecified atom stereocenters. The van der Waals surface area contributed by atoms with Crippen LogP contribution < -0.4 is 5.32 Å². The van der Waals surface area contributed by atoms with E-state index < -0.39 is 5.97 Å². The van der Waals surface area contributed by atoms with Crippen molar-refractivity contribution in [3.05, 3.63) is 41.7 Å². The van der Waals surface area contributed by atoms with Gasteiger partial charge >= 0.3 is 5.97 Å².